The highest BCUT2D eigenvalue weighted by molar-refractivity contribution is 5.96. The Labute approximate surface area is 177 Å². The van der Waals surface area contributed by atoms with Crippen molar-refractivity contribution in [1.29, 1.82) is 5.41 Å². The lowest BCUT2D eigenvalue weighted by Crippen LogP contribution is -2.52. The Bertz CT molecular complexity index is 836. The van der Waals surface area contributed by atoms with E-state index in [1.807, 2.05) is 0 Å². The summed E-state index contributed by atoms with van der Waals surface area (Å²) < 4.78 is 5.05. The largest absolute Gasteiger partial charge is 0.469 e. The number of nitrogens with one attached hydrogen (secondary N) is 3. The van der Waals surface area contributed by atoms with Crippen LogP contribution in [0.15, 0.2) is 24.3 Å². The van der Waals surface area contributed by atoms with Gasteiger partial charge in [0.15, 0.2) is 17.0 Å². The highest BCUT2D eigenvalue weighted by Gasteiger charge is 2.41. The van der Waals surface area contributed by atoms with Crippen molar-refractivity contribution in [3.8, 4) is 0 Å². The number of carbonyl (C=O) groups excluding carboxylic acids is 2. The maximum Gasteiger partial charge on any atom is 0.469 e. The molecule has 0 aliphatic rings. The molecule has 0 heterocycles. The Kier molecular flexibility index (Phi) is 8.66. The summed E-state index contributed by atoms with van der Waals surface area (Å²) in [6, 6.07) is 3.26. The number of hydrogen-bond acceptors (Lipinski definition) is 8. The van der Waals surface area contributed by atoms with Crippen molar-refractivity contribution in [2.24, 2.45) is 5.73 Å². The number of amides is 2. The van der Waals surface area contributed by atoms with Crippen molar-refractivity contribution in [2.45, 2.75) is 45.3 Å². The number of benzene rings is 1. The van der Waals surface area contributed by atoms with Crippen LogP contribution in [0.2, 0.25) is 0 Å². The first-order valence-corrected chi connectivity index (χ1v) is 9.11. The third-order valence-electron chi connectivity index (χ3n) is 3.67. The molecule has 0 radical (unpaired) electrons. The van der Waals surface area contributed by atoms with E-state index in [0.717, 1.165) is 12.1 Å². The van der Waals surface area contributed by atoms with E-state index in [-0.39, 0.29) is 41.7 Å². The van der Waals surface area contributed by atoms with E-state index in [1.54, 1.807) is 0 Å². The molecule has 170 valence electrons. The maximum atomic E-state index is 12.8. The van der Waals surface area contributed by atoms with Crippen LogP contribution in [0, 0.1) is 25.6 Å². The smallest absolute Gasteiger partial charge is 0.440 e. The molecule has 0 aromatic heterocycles. The van der Waals surface area contributed by atoms with Crippen molar-refractivity contribution in [3.63, 3.8) is 0 Å². The van der Waals surface area contributed by atoms with Gasteiger partial charge in [0.05, 0.1) is 4.92 Å². The van der Waals surface area contributed by atoms with Crippen LogP contribution < -0.4 is 16.4 Å². The van der Waals surface area contributed by atoms with Gasteiger partial charge in [-0.15, -0.1) is 0 Å². The maximum absolute atomic E-state index is 12.8. The van der Waals surface area contributed by atoms with Gasteiger partial charge >= 0.3 is 6.09 Å². The summed E-state index contributed by atoms with van der Waals surface area (Å²) in [6.07, 6.45) is -1.31. The molecule has 0 aliphatic heterocycles. The number of non-ortho nitro benzene ring substituents is 1. The fourth-order valence-corrected chi connectivity index (χ4v) is 2.39. The van der Waals surface area contributed by atoms with E-state index in [2.05, 4.69) is 10.6 Å². The van der Waals surface area contributed by atoms with E-state index in [9.17, 15) is 29.8 Å². The lowest BCUT2D eigenvalue weighted by molar-refractivity contribution is -0.641. The van der Waals surface area contributed by atoms with Gasteiger partial charge in [0.1, 0.15) is 5.60 Å². The van der Waals surface area contributed by atoms with Crippen molar-refractivity contribution in [3.05, 3.63) is 44.5 Å². The minimum atomic E-state index is -1.56. The number of carbonyl (C=O) groups is 2. The number of nitro groups is 2. The second-order valence-electron chi connectivity index (χ2n) is 7.35. The zero-order valence-electron chi connectivity index (χ0n) is 17.3. The lowest BCUT2D eigenvalue weighted by atomic mass is 10.1. The minimum absolute atomic E-state index is 0.0970. The Balaban J connectivity index is 3.09. The summed E-state index contributed by atoms with van der Waals surface area (Å²) in [6.45, 7) is 4.69. The molecule has 0 saturated heterocycles. The minimum Gasteiger partial charge on any atom is -0.440 e. The summed E-state index contributed by atoms with van der Waals surface area (Å²) in [5.41, 5.74) is 4.09. The molecule has 0 bridgehead atoms. The van der Waals surface area contributed by atoms with E-state index >= 15 is 0 Å². The number of nitro benzene ring substituents is 1. The SMILES string of the molecule is CC(C)(C)OC(=O)N([C@@H](CCCNC(=N)N)C(=O)Nc1ccc([N+](=O)[O-])cc1)[N+](=O)[O-]. The van der Waals surface area contributed by atoms with Crippen LogP contribution in [0.1, 0.15) is 33.6 Å². The zero-order valence-corrected chi connectivity index (χ0v) is 17.3. The van der Waals surface area contributed by atoms with Crippen LogP contribution in [0.3, 0.4) is 0 Å². The van der Waals surface area contributed by atoms with Gasteiger partial charge in [-0.25, -0.2) is 14.9 Å². The number of nitrogens with two attached hydrogens (primary N) is 1. The molecular weight excluding hydrogens is 414 g/mol. The van der Waals surface area contributed by atoms with Crippen LogP contribution in [-0.2, 0) is 9.53 Å². The molecule has 0 fully saturated rings. The van der Waals surface area contributed by atoms with Crippen LogP contribution in [-0.4, -0.2) is 51.1 Å². The molecule has 0 saturated carbocycles. The number of guanidine groups is 1. The zero-order chi connectivity index (χ0) is 23.8. The van der Waals surface area contributed by atoms with Gasteiger partial charge in [-0.05, 0) is 50.8 Å². The van der Waals surface area contributed by atoms with Crippen molar-refractivity contribution in [1.82, 2.24) is 10.3 Å². The molecule has 14 nitrogen and oxygen atoms in total. The van der Waals surface area contributed by atoms with Crippen molar-refractivity contribution >= 4 is 29.3 Å². The summed E-state index contributed by atoms with van der Waals surface area (Å²) in [5.74, 6) is -1.20. The highest BCUT2D eigenvalue weighted by Crippen LogP contribution is 2.19. The number of anilines is 1. The molecule has 0 spiro atoms. The number of ether oxygens (including phenoxy) is 1. The molecule has 2 amide bonds. The third kappa shape index (κ3) is 8.51. The second kappa shape index (κ2) is 10.7. The summed E-state index contributed by atoms with van der Waals surface area (Å²) in [5, 5.41) is 33.4. The number of hydrogen-bond donors (Lipinski definition) is 4. The molecule has 0 unspecified atom stereocenters. The van der Waals surface area contributed by atoms with Gasteiger partial charge in [0.25, 0.3) is 11.6 Å². The van der Waals surface area contributed by atoms with Crippen LogP contribution in [0.5, 0.6) is 0 Å². The molecule has 1 atom stereocenters. The monoisotopic (exact) mass is 439 g/mol. The number of rotatable bonds is 9. The van der Waals surface area contributed by atoms with Crippen molar-refractivity contribution in [2.75, 3.05) is 11.9 Å². The molecule has 31 heavy (non-hydrogen) atoms. The van der Waals surface area contributed by atoms with Crippen molar-refractivity contribution < 1.29 is 24.3 Å². The Morgan fingerprint density at radius 1 is 1.23 bits per heavy atom. The fourth-order valence-electron chi connectivity index (χ4n) is 2.39. The second-order valence-corrected chi connectivity index (χ2v) is 7.35. The summed E-state index contributed by atoms with van der Waals surface area (Å²) >= 11 is 0. The Morgan fingerprint density at radius 3 is 2.26 bits per heavy atom. The predicted octanol–water partition coefficient (Wildman–Crippen LogP) is 1.59. The first-order valence-electron chi connectivity index (χ1n) is 9.11. The predicted molar refractivity (Wildman–Crippen MR) is 110 cm³/mol. The standard InChI is InChI=1S/C17H25N7O7/c1-17(2,3)31-16(26)22(24(29)30)13(5-4-10-20-15(18)19)14(25)21-11-6-8-12(9-7-11)23(27)28/h6-9,13H,4-5,10H2,1-3H3,(H,21,25)(H4,18,19,20)/t13-/m0/s1. The number of hydrazine groups is 1. The van der Waals surface area contributed by atoms with Gasteiger partial charge < -0.3 is 21.1 Å². The van der Waals surface area contributed by atoms with Gasteiger partial charge in [-0.2, -0.15) is 0 Å². The quantitative estimate of drug-likeness (QED) is 0.145. The topological polar surface area (TPSA) is 207 Å². The molecule has 1 rings (SSSR count). The average Bonchev–Trinajstić information content (AvgIpc) is 2.62. The Hall–Kier alpha value is -3.97. The fraction of sp³-hybridized carbons (Fsp3) is 0.471. The normalized spacial score (nSPS) is 11.7. The van der Waals surface area contributed by atoms with Crippen LogP contribution >= 0.6 is 0 Å². The summed E-state index contributed by atoms with van der Waals surface area (Å²) in [4.78, 5) is 46.9. The molecule has 1 aromatic rings. The highest BCUT2D eigenvalue weighted by atomic mass is 16.7. The molecular formula is C17H25N7O7. The van der Waals surface area contributed by atoms with Gasteiger partial charge in [-0.3, -0.25) is 20.3 Å². The van der Waals surface area contributed by atoms with Gasteiger partial charge in [0, 0.05) is 24.4 Å². The lowest BCUT2D eigenvalue weighted by Gasteiger charge is -2.26. The Morgan fingerprint density at radius 2 is 1.81 bits per heavy atom. The van der Waals surface area contributed by atoms with E-state index in [0.29, 0.717) is 0 Å². The molecule has 0 aliphatic carbocycles. The molecule has 5 N–H and O–H groups in total. The first-order chi connectivity index (χ1) is 14.3. The van der Waals surface area contributed by atoms with E-state index in [1.165, 1.54) is 32.9 Å². The van der Waals surface area contributed by atoms with E-state index in [4.69, 9.17) is 15.9 Å². The van der Waals surface area contributed by atoms with Crippen LogP contribution in [0.4, 0.5) is 16.2 Å². The number of nitrogens with zero attached hydrogens (tertiary/aromatic N) is 3. The first kappa shape index (κ1) is 25.1. The third-order valence-corrected chi connectivity index (χ3v) is 3.67. The van der Waals surface area contributed by atoms with Crippen LogP contribution in [0.25, 0.3) is 0 Å². The molecule has 1 aromatic carbocycles. The summed E-state index contributed by atoms with van der Waals surface area (Å²) in [7, 11) is 0. The molecule has 14 heteroatoms. The average molecular weight is 439 g/mol. The van der Waals surface area contributed by atoms with Gasteiger partial charge in [-0.1, -0.05) is 0 Å². The van der Waals surface area contributed by atoms with Gasteiger partial charge in [0.2, 0.25) is 0 Å². The van der Waals surface area contributed by atoms with E-state index < -0.39 is 33.6 Å².